The van der Waals surface area contributed by atoms with E-state index in [2.05, 4.69) is 23.7 Å². The molecule has 3 nitrogen and oxygen atoms in total. The van der Waals surface area contributed by atoms with Gasteiger partial charge in [0, 0.05) is 24.8 Å². The smallest absolute Gasteiger partial charge is 0.134 e. The zero-order valence-electron chi connectivity index (χ0n) is 11.0. The van der Waals surface area contributed by atoms with Crippen molar-refractivity contribution in [2.45, 2.75) is 39.7 Å². The van der Waals surface area contributed by atoms with E-state index in [9.17, 15) is 5.11 Å². The number of nitrogens with zero attached hydrogens (tertiary/aromatic N) is 2. The summed E-state index contributed by atoms with van der Waals surface area (Å²) in [6, 6.07) is 3.86. The van der Waals surface area contributed by atoms with Gasteiger partial charge in [0.25, 0.3) is 0 Å². The molecule has 0 bridgehead atoms. The first-order valence-electron chi connectivity index (χ1n) is 6.37. The Hall–Kier alpha value is -1.09. The molecule has 0 aliphatic carbocycles. The number of anilines is 1. The quantitative estimate of drug-likeness (QED) is 0.854. The summed E-state index contributed by atoms with van der Waals surface area (Å²) in [5.41, 5.74) is 1.27. The van der Waals surface area contributed by atoms with Gasteiger partial charge in [-0.15, -0.1) is 0 Å². The van der Waals surface area contributed by atoms with Crippen LogP contribution in [0.5, 0.6) is 0 Å². The molecule has 1 N–H and O–H groups in total. The van der Waals surface area contributed by atoms with E-state index in [0.717, 1.165) is 24.5 Å². The predicted molar refractivity (Wildman–Crippen MR) is 70.1 cm³/mol. The van der Waals surface area contributed by atoms with Gasteiger partial charge in [0.15, 0.2) is 0 Å². The first kappa shape index (κ1) is 12.4. The minimum absolute atomic E-state index is 0.339. The molecule has 1 saturated heterocycles. The third kappa shape index (κ3) is 2.78. The summed E-state index contributed by atoms with van der Waals surface area (Å²) in [4.78, 5) is 6.77. The molecule has 1 aromatic rings. The molecular formula is C14H22N2O. The van der Waals surface area contributed by atoms with Crippen LogP contribution in [-0.2, 0) is 0 Å². The van der Waals surface area contributed by atoms with Crippen LogP contribution in [-0.4, -0.2) is 23.2 Å². The van der Waals surface area contributed by atoms with Crippen LogP contribution in [0.4, 0.5) is 5.82 Å². The number of aliphatic hydroxyl groups is 1. The van der Waals surface area contributed by atoms with Gasteiger partial charge in [0.2, 0.25) is 0 Å². The van der Waals surface area contributed by atoms with Crippen molar-refractivity contribution in [2.24, 2.45) is 5.41 Å². The summed E-state index contributed by atoms with van der Waals surface area (Å²) in [5.74, 6) is 0.954. The van der Waals surface area contributed by atoms with E-state index in [1.165, 1.54) is 12.8 Å². The van der Waals surface area contributed by atoms with Crippen molar-refractivity contribution in [3.05, 3.63) is 23.9 Å². The molecule has 0 unspecified atom stereocenters. The standard InChI is InChI=1S/C14H22N2O/c1-11(17)12-6-4-8-15-13(12)16-9-5-7-14(2,3)10-16/h4,6,8,11,17H,5,7,9-10H2,1-3H3/t11-/m1/s1. The Morgan fingerprint density at radius 2 is 2.24 bits per heavy atom. The number of aromatic nitrogens is 1. The maximum Gasteiger partial charge on any atom is 0.134 e. The topological polar surface area (TPSA) is 36.4 Å². The lowest BCUT2D eigenvalue weighted by Crippen LogP contribution is -2.41. The lowest BCUT2D eigenvalue weighted by molar-refractivity contribution is 0.198. The minimum Gasteiger partial charge on any atom is -0.389 e. The third-order valence-electron chi connectivity index (χ3n) is 3.47. The number of pyridine rings is 1. The van der Waals surface area contributed by atoms with Gasteiger partial charge in [0.1, 0.15) is 5.82 Å². The van der Waals surface area contributed by atoms with E-state index >= 15 is 0 Å². The van der Waals surface area contributed by atoms with Crippen molar-refractivity contribution in [1.29, 1.82) is 0 Å². The van der Waals surface area contributed by atoms with E-state index < -0.39 is 6.10 Å². The first-order chi connectivity index (χ1) is 7.99. The predicted octanol–water partition coefficient (Wildman–Crippen LogP) is 2.76. The molecule has 1 fully saturated rings. The normalized spacial score (nSPS) is 21.3. The maximum absolute atomic E-state index is 9.80. The average molecular weight is 234 g/mol. The van der Waals surface area contributed by atoms with Crippen molar-refractivity contribution in [3.63, 3.8) is 0 Å². The van der Waals surface area contributed by atoms with Gasteiger partial charge in [-0.1, -0.05) is 19.9 Å². The monoisotopic (exact) mass is 234 g/mol. The van der Waals surface area contributed by atoms with Gasteiger partial charge in [-0.3, -0.25) is 0 Å². The minimum atomic E-state index is -0.455. The maximum atomic E-state index is 9.80. The largest absolute Gasteiger partial charge is 0.389 e. The van der Waals surface area contributed by atoms with Crippen molar-refractivity contribution in [2.75, 3.05) is 18.0 Å². The Morgan fingerprint density at radius 1 is 1.47 bits per heavy atom. The van der Waals surface area contributed by atoms with E-state index in [1.807, 2.05) is 18.3 Å². The highest BCUT2D eigenvalue weighted by molar-refractivity contribution is 5.48. The van der Waals surface area contributed by atoms with Crippen LogP contribution in [0.1, 0.15) is 45.3 Å². The Kier molecular flexibility index (Phi) is 3.38. The molecule has 1 aromatic heterocycles. The molecule has 2 rings (SSSR count). The van der Waals surface area contributed by atoms with Crippen LogP contribution < -0.4 is 4.90 Å². The molecule has 0 saturated carbocycles. The summed E-state index contributed by atoms with van der Waals surface area (Å²) in [6.07, 6.45) is 3.81. The Morgan fingerprint density at radius 3 is 2.88 bits per heavy atom. The lowest BCUT2D eigenvalue weighted by Gasteiger charge is -2.39. The van der Waals surface area contributed by atoms with Gasteiger partial charge >= 0.3 is 0 Å². The van der Waals surface area contributed by atoms with E-state index in [4.69, 9.17) is 0 Å². The number of hydrogen-bond donors (Lipinski definition) is 1. The third-order valence-corrected chi connectivity index (χ3v) is 3.47. The van der Waals surface area contributed by atoms with Crippen LogP contribution in [0.25, 0.3) is 0 Å². The number of rotatable bonds is 2. The van der Waals surface area contributed by atoms with Crippen molar-refractivity contribution in [1.82, 2.24) is 4.98 Å². The molecule has 2 heterocycles. The first-order valence-corrected chi connectivity index (χ1v) is 6.37. The number of hydrogen-bond acceptors (Lipinski definition) is 3. The number of piperidine rings is 1. The summed E-state index contributed by atoms with van der Waals surface area (Å²) in [7, 11) is 0. The zero-order valence-corrected chi connectivity index (χ0v) is 11.0. The van der Waals surface area contributed by atoms with Crippen molar-refractivity contribution in [3.8, 4) is 0 Å². The highest BCUT2D eigenvalue weighted by atomic mass is 16.3. The molecule has 0 aromatic carbocycles. The molecule has 3 heteroatoms. The second-order valence-corrected chi connectivity index (χ2v) is 5.78. The SMILES string of the molecule is C[C@@H](O)c1cccnc1N1CCCC(C)(C)C1. The molecule has 94 valence electrons. The summed E-state index contributed by atoms with van der Waals surface area (Å²) >= 11 is 0. The molecule has 1 aliphatic heterocycles. The van der Waals surface area contributed by atoms with Crippen molar-refractivity contribution < 1.29 is 5.11 Å². The molecular weight excluding hydrogens is 212 g/mol. The Balaban J connectivity index is 2.27. The fourth-order valence-corrected chi connectivity index (χ4v) is 2.60. The average Bonchev–Trinajstić information content (AvgIpc) is 2.27. The Labute approximate surface area is 103 Å². The second kappa shape index (κ2) is 4.65. The van der Waals surface area contributed by atoms with E-state index in [0.29, 0.717) is 5.41 Å². The summed E-state index contributed by atoms with van der Waals surface area (Å²) in [5, 5.41) is 9.80. The highest BCUT2D eigenvalue weighted by Crippen LogP contribution is 2.33. The van der Waals surface area contributed by atoms with Gasteiger partial charge in [-0.2, -0.15) is 0 Å². The van der Waals surface area contributed by atoms with Gasteiger partial charge in [-0.05, 0) is 31.2 Å². The molecule has 0 amide bonds. The van der Waals surface area contributed by atoms with Crippen LogP contribution in [0.2, 0.25) is 0 Å². The molecule has 1 atom stereocenters. The van der Waals surface area contributed by atoms with Crippen LogP contribution in [0.15, 0.2) is 18.3 Å². The fraction of sp³-hybridized carbons (Fsp3) is 0.643. The van der Waals surface area contributed by atoms with E-state index in [1.54, 1.807) is 6.92 Å². The van der Waals surface area contributed by atoms with E-state index in [-0.39, 0.29) is 0 Å². The van der Waals surface area contributed by atoms with Gasteiger partial charge < -0.3 is 10.0 Å². The number of aliphatic hydroxyl groups excluding tert-OH is 1. The molecule has 17 heavy (non-hydrogen) atoms. The van der Waals surface area contributed by atoms with Crippen LogP contribution in [0.3, 0.4) is 0 Å². The lowest BCUT2D eigenvalue weighted by atomic mass is 9.84. The zero-order chi connectivity index (χ0) is 12.5. The van der Waals surface area contributed by atoms with Crippen LogP contribution in [0, 0.1) is 5.41 Å². The fourth-order valence-electron chi connectivity index (χ4n) is 2.60. The molecule has 1 aliphatic rings. The van der Waals surface area contributed by atoms with Gasteiger partial charge in [-0.25, -0.2) is 4.98 Å². The Bertz CT molecular complexity index is 388. The van der Waals surface area contributed by atoms with Crippen LogP contribution >= 0.6 is 0 Å². The summed E-state index contributed by atoms with van der Waals surface area (Å²) in [6.45, 7) is 8.45. The second-order valence-electron chi connectivity index (χ2n) is 5.78. The van der Waals surface area contributed by atoms with Crippen molar-refractivity contribution >= 4 is 5.82 Å². The highest BCUT2D eigenvalue weighted by Gasteiger charge is 2.28. The molecule has 0 spiro atoms. The van der Waals surface area contributed by atoms with Gasteiger partial charge in [0.05, 0.1) is 6.10 Å². The summed E-state index contributed by atoms with van der Waals surface area (Å²) < 4.78 is 0. The molecule has 0 radical (unpaired) electrons.